The van der Waals surface area contributed by atoms with Gasteiger partial charge in [-0.05, 0) is 6.92 Å². The molecular formula is C6H14NOY-. The molecule has 1 radical (unpaired) electrons. The second-order valence-electron chi connectivity index (χ2n) is 1.92. The Kier molecular flexibility index (Phi) is 12.7. The molecule has 0 saturated carbocycles. The molecule has 0 amide bonds. The molecular weight excluding hydrogens is 191 g/mol. The molecule has 0 aliphatic rings. The van der Waals surface area contributed by atoms with Gasteiger partial charge in [-0.1, -0.05) is 6.61 Å². The minimum atomic E-state index is 0. The summed E-state index contributed by atoms with van der Waals surface area (Å²) in [6.07, 6.45) is 1.96. The van der Waals surface area contributed by atoms with Gasteiger partial charge in [0, 0.05) is 38.8 Å². The quantitative estimate of drug-likeness (QED) is 0.538. The van der Waals surface area contributed by atoms with Crippen LogP contribution in [0.5, 0.6) is 0 Å². The van der Waals surface area contributed by atoms with Crippen molar-refractivity contribution in [3.05, 3.63) is 6.42 Å². The predicted molar refractivity (Wildman–Crippen MR) is 34.4 cm³/mol. The van der Waals surface area contributed by atoms with Gasteiger partial charge in [0.2, 0.25) is 0 Å². The Hall–Kier alpha value is 1.02. The Morgan fingerprint density at radius 2 is 2.22 bits per heavy atom. The Morgan fingerprint density at radius 3 is 2.56 bits per heavy atom. The van der Waals surface area contributed by atoms with Gasteiger partial charge in [-0.3, -0.25) is 0 Å². The van der Waals surface area contributed by atoms with Crippen LogP contribution in [0.2, 0.25) is 0 Å². The summed E-state index contributed by atoms with van der Waals surface area (Å²) in [5.41, 5.74) is 5.39. The van der Waals surface area contributed by atoms with E-state index in [1.807, 2.05) is 20.3 Å². The first-order valence-corrected chi connectivity index (χ1v) is 2.88. The SMILES string of the molecule is C[CH-]COCC(C)N.[Y]. The molecule has 1 atom stereocenters. The first-order chi connectivity index (χ1) is 3.77. The van der Waals surface area contributed by atoms with Crippen molar-refractivity contribution in [3.63, 3.8) is 0 Å². The molecule has 0 spiro atoms. The number of hydrogen-bond donors (Lipinski definition) is 1. The molecule has 0 aromatic heterocycles. The summed E-state index contributed by atoms with van der Waals surface area (Å²) >= 11 is 0. The van der Waals surface area contributed by atoms with Crippen molar-refractivity contribution in [2.75, 3.05) is 13.2 Å². The smallest absolute Gasteiger partial charge is 0.0579 e. The average molecular weight is 205 g/mol. The van der Waals surface area contributed by atoms with E-state index in [0.717, 1.165) is 0 Å². The van der Waals surface area contributed by atoms with E-state index in [2.05, 4.69) is 0 Å². The zero-order valence-electron chi connectivity index (χ0n) is 6.13. The zero-order valence-corrected chi connectivity index (χ0v) is 8.97. The summed E-state index contributed by atoms with van der Waals surface area (Å²) < 4.78 is 5.06. The molecule has 0 aliphatic heterocycles. The van der Waals surface area contributed by atoms with E-state index in [1.54, 1.807) is 0 Å². The molecule has 0 aromatic carbocycles. The number of ether oxygens (including phenoxy) is 1. The van der Waals surface area contributed by atoms with Crippen molar-refractivity contribution >= 4 is 0 Å². The van der Waals surface area contributed by atoms with E-state index < -0.39 is 0 Å². The third kappa shape index (κ3) is 12.3. The topological polar surface area (TPSA) is 35.2 Å². The largest absolute Gasteiger partial charge is 0.412 e. The molecule has 0 aromatic rings. The van der Waals surface area contributed by atoms with Crippen molar-refractivity contribution in [2.45, 2.75) is 19.9 Å². The van der Waals surface area contributed by atoms with E-state index in [1.165, 1.54) is 0 Å². The van der Waals surface area contributed by atoms with Crippen molar-refractivity contribution in [2.24, 2.45) is 5.73 Å². The summed E-state index contributed by atoms with van der Waals surface area (Å²) in [5.74, 6) is 0. The van der Waals surface area contributed by atoms with Crippen LogP contribution in [0.25, 0.3) is 0 Å². The van der Waals surface area contributed by atoms with E-state index in [0.29, 0.717) is 13.2 Å². The average Bonchev–Trinajstić information content (AvgIpc) is 1.66. The Labute approximate surface area is 82.4 Å². The fourth-order valence-electron chi connectivity index (χ4n) is 0.372. The van der Waals surface area contributed by atoms with Gasteiger partial charge in [0.1, 0.15) is 0 Å². The van der Waals surface area contributed by atoms with Gasteiger partial charge in [-0.15, -0.1) is 0 Å². The standard InChI is InChI=1S/C6H14NO.Y/c1-3-4-8-5-6(2)7;/h3,6H,4-5,7H2,1-2H3;/q-1;. The van der Waals surface area contributed by atoms with Crippen LogP contribution in [0, 0.1) is 6.42 Å². The summed E-state index contributed by atoms with van der Waals surface area (Å²) in [7, 11) is 0. The van der Waals surface area contributed by atoms with Crippen LogP contribution in [0.1, 0.15) is 13.8 Å². The Balaban J connectivity index is 0. The molecule has 0 aliphatic carbocycles. The van der Waals surface area contributed by atoms with Gasteiger partial charge in [0.15, 0.2) is 0 Å². The van der Waals surface area contributed by atoms with Gasteiger partial charge >= 0.3 is 0 Å². The van der Waals surface area contributed by atoms with Gasteiger partial charge in [0.05, 0.1) is 6.61 Å². The molecule has 2 N–H and O–H groups in total. The predicted octanol–water partition coefficient (Wildman–Crippen LogP) is 0.572. The van der Waals surface area contributed by atoms with E-state index in [-0.39, 0.29) is 38.8 Å². The minimum Gasteiger partial charge on any atom is -0.412 e. The molecule has 0 heterocycles. The monoisotopic (exact) mass is 205 g/mol. The van der Waals surface area contributed by atoms with Crippen LogP contribution in [-0.2, 0) is 37.4 Å². The number of hydrogen-bond acceptors (Lipinski definition) is 2. The normalized spacial score (nSPS) is 12.3. The molecule has 1 unspecified atom stereocenters. The third-order valence-electron chi connectivity index (χ3n) is 0.665. The maximum absolute atomic E-state index is 5.39. The van der Waals surface area contributed by atoms with Crippen molar-refractivity contribution in [1.29, 1.82) is 0 Å². The first kappa shape index (κ1) is 12.7. The van der Waals surface area contributed by atoms with Gasteiger partial charge in [0.25, 0.3) is 0 Å². The molecule has 0 saturated heterocycles. The third-order valence-corrected chi connectivity index (χ3v) is 0.665. The maximum atomic E-state index is 5.39. The number of nitrogens with two attached hydrogens (primary N) is 1. The molecule has 0 fully saturated rings. The van der Waals surface area contributed by atoms with Crippen molar-refractivity contribution < 1.29 is 37.4 Å². The summed E-state index contributed by atoms with van der Waals surface area (Å²) in [6.45, 7) is 5.25. The fraction of sp³-hybridized carbons (Fsp3) is 0.833. The van der Waals surface area contributed by atoms with Crippen LogP contribution < -0.4 is 5.73 Å². The van der Waals surface area contributed by atoms with Gasteiger partial charge in [-0.25, -0.2) is 0 Å². The van der Waals surface area contributed by atoms with Crippen molar-refractivity contribution in [3.8, 4) is 0 Å². The molecule has 0 bridgehead atoms. The second kappa shape index (κ2) is 9.02. The van der Waals surface area contributed by atoms with Gasteiger partial charge < -0.3 is 16.9 Å². The van der Waals surface area contributed by atoms with E-state index >= 15 is 0 Å². The van der Waals surface area contributed by atoms with Crippen LogP contribution >= 0.6 is 0 Å². The van der Waals surface area contributed by atoms with Crippen molar-refractivity contribution in [1.82, 2.24) is 0 Å². The minimum absolute atomic E-state index is 0. The second-order valence-corrected chi connectivity index (χ2v) is 1.92. The maximum Gasteiger partial charge on any atom is 0.0579 e. The number of rotatable bonds is 4. The van der Waals surface area contributed by atoms with E-state index in [4.69, 9.17) is 10.5 Å². The molecule has 53 valence electrons. The van der Waals surface area contributed by atoms with Gasteiger partial charge in [-0.2, -0.15) is 6.92 Å². The Morgan fingerprint density at radius 1 is 1.67 bits per heavy atom. The molecule has 9 heavy (non-hydrogen) atoms. The summed E-state index contributed by atoms with van der Waals surface area (Å²) in [4.78, 5) is 0. The van der Waals surface area contributed by atoms with Crippen LogP contribution in [-0.4, -0.2) is 19.3 Å². The van der Waals surface area contributed by atoms with Crippen LogP contribution in [0.15, 0.2) is 0 Å². The zero-order chi connectivity index (χ0) is 6.41. The molecule has 2 nitrogen and oxygen atoms in total. The fourth-order valence-corrected chi connectivity index (χ4v) is 0.372. The summed E-state index contributed by atoms with van der Waals surface area (Å²) in [5, 5.41) is 0. The van der Waals surface area contributed by atoms with Crippen LogP contribution in [0.3, 0.4) is 0 Å². The summed E-state index contributed by atoms with van der Waals surface area (Å²) in [6, 6.07) is 0.162. The van der Waals surface area contributed by atoms with E-state index in [9.17, 15) is 0 Å². The Bertz CT molecular complexity index is 50.3. The first-order valence-electron chi connectivity index (χ1n) is 2.88. The van der Waals surface area contributed by atoms with Crippen LogP contribution in [0.4, 0.5) is 0 Å². The molecule has 0 rings (SSSR count). The molecule has 3 heteroatoms.